The number of methoxy groups -OCH3 is 1. The molecule has 158 valence electrons. The number of carbonyl (C=O) groups is 1. The van der Waals surface area contributed by atoms with Crippen molar-refractivity contribution in [2.75, 3.05) is 18.2 Å². The summed E-state index contributed by atoms with van der Waals surface area (Å²) < 4.78 is 7.10. The average molecular weight is 453 g/mol. The first kappa shape index (κ1) is 21.0. The molecule has 4 aromatic rings. The highest BCUT2D eigenvalue weighted by molar-refractivity contribution is 7.99. The summed E-state index contributed by atoms with van der Waals surface area (Å²) in [6, 6.07) is 15.6. The van der Waals surface area contributed by atoms with Crippen LogP contribution in [0.15, 0.2) is 53.7 Å². The molecule has 0 atom stereocenters. The fourth-order valence-electron chi connectivity index (χ4n) is 2.84. The number of anilines is 1. The fourth-order valence-corrected chi connectivity index (χ4v) is 4.40. The zero-order valence-electron chi connectivity index (χ0n) is 17.2. The average Bonchev–Trinajstić information content (AvgIpc) is 3.39. The van der Waals surface area contributed by atoms with Gasteiger partial charge in [0, 0.05) is 11.3 Å². The van der Waals surface area contributed by atoms with E-state index in [0.717, 1.165) is 27.8 Å². The second-order valence-electron chi connectivity index (χ2n) is 6.68. The Morgan fingerprint density at radius 2 is 1.77 bits per heavy atom. The molecule has 2 aromatic carbocycles. The predicted molar refractivity (Wildman–Crippen MR) is 122 cm³/mol. The van der Waals surface area contributed by atoms with E-state index in [2.05, 4.69) is 25.7 Å². The Bertz CT molecular complexity index is 1190. The minimum Gasteiger partial charge on any atom is -0.497 e. The maximum atomic E-state index is 12.4. The van der Waals surface area contributed by atoms with E-state index in [0.29, 0.717) is 10.3 Å². The molecule has 10 heteroatoms. The molecule has 0 radical (unpaired) electrons. The summed E-state index contributed by atoms with van der Waals surface area (Å²) in [5, 5.41) is 21.2. The summed E-state index contributed by atoms with van der Waals surface area (Å²) in [4.78, 5) is 12.4. The largest absolute Gasteiger partial charge is 0.497 e. The summed E-state index contributed by atoms with van der Waals surface area (Å²) >= 11 is 2.64. The molecule has 4 rings (SSSR count). The van der Waals surface area contributed by atoms with Gasteiger partial charge in [0.1, 0.15) is 16.6 Å². The van der Waals surface area contributed by atoms with Gasteiger partial charge in [0.05, 0.1) is 12.9 Å². The lowest BCUT2D eigenvalue weighted by Crippen LogP contribution is -2.14. The number of aromatic nitrogens is 5. The monoisotopic (exact) mass is 452 g/mol. The lowest BCUT2D eigenvalue weighted by molar-refractivity contribution is -0.113. The third kappa shape index (κ3) is 4.92. The van der Waals surface area contributed by atoms with Crippen molar-refractivity contribution in [2.24, 2.45) is 0 Å². The Kier molecular flexibility index (Phi) is 6.28. The summed E-state index contributed by atoms with van der Waals surface area (Å²) in [7, 11) is 1.62. The molecule has 0 saturated heterocycles. The molecule has 0 unspecified atom stereocenters. The summed E-state index contributed by atoms with van der Waals surface area (Å²) in [5.41, 5.74) is 3.05. The number of ether oxygens (including phenoxy) is 1. The first-order chi connectivity index (χ1) is 15.0. The van der Waals surface area contributed by atoms with Crippen molar-refractivity contribution in [3.63, 3.8) is 0 Å². The van der Waals surface area contributed by atoms with Gasteiger partial charge in [-0.05, 0) is 50.2 Å². The van der Waals surface area contributed by atoms with Crippen molar-refractivity contribution in [3.8, 4) is 22.0 Å². The van der Waals surface area contributed by atoms with Gasteiger partial charge in [0.2, 0.25) is 11.0 Å². The second-order valence-corrected chi connectivity index (χ2v) is 8.60. The second kappa shape index (κ2) is 9.27. The van der Waals surface area contributed by atoms with Gasteiger partial charge in [0.25, 0.3) is 0 Å². The van der Waals surface area contributed by atoms with Crippen LogP contribution in [-0.2, 0) is 4.79 Å². The maximum absolute atomic E-state index is 12.4. The molecular weight excluding hydrogens is 432 g/mol. The van der Waals surface area contributed by atoms with E-state index in [4.69, 9.17) is 4.74 Å². The van der Waals surface area contributed by atoms with Gasteiger partial charge in [-0.1, -0.05) is 40.8 Å². The van der Waals surface area contributed by atoms with Gasteiger partial charge in [-0.3, -0.25) is 14.7 Å². The molecule has 1 amide bonds. The van der Waals surface area contributed by atoms with Gasteiger partial charge >= 0.3 is 0 Å². The van der Waals surface area contributed by atoms with E-state index in [1.54, 1.807) is 7.11 Å². The minimum atomic E-state index is -0.182. The number of thioether (sulfide) groups is 1. The molecule has 0 aliphatic carbocycles. The van der Waals surface area contributed by atoms with Gasteiger partial charge in [-0.2, -0.15) is 0 Å². The van der Waals surface area contributed by atoms with E-state index in [1.165, 1.54) is 28.7 Å². The lowest BCUT2D eigenvalue weighted by atomic mass is 10.2. The smallest absolute Gasteiger partial charge is 0.236 e. The van der Waals surface area contributed by atoms with E-state index in [-0.39, 0.29) is 11.7 Å². The van der Waals surface area contributed by atoms with Crippen LogP contribution in [0.5, 0.6) is 5.75 Å². The molecule has 2 aromatic heterocycles. The van der Waals surface area contributed by atoms with Crippen LogP contribution in [0.3, 0.4) is 0 Å². The SMILES string of the molecule is COc1ccc(-c2nnc(NC(=O)CSc3nnc(C)n3-c3ccc(C)cc3)s2)cc1. The van der Waals surface area contributed by atoms with Gasteiger partial charge in [-0.25, -0.2) is 0 Å². The highest BCUT2D eigenvalue weighted by Gasteiger charge is 2.15. The summed E-state index contributed by atoms with van der Waals surface area (Å²) in [5.74, 6) is 1.53. The van der Waals surface area contributed by atoms with Crippen molar-refractivity contribution in [1.82, 2.24) is 25.0 Å². The van der Waals surface area contributed by atoms with Gasteiger partial charge in [-0.15, -0.1) is 20.4 Å². The van der Waals surface area contributed by atoms with Crippen LogP contribution in [0, 0.1) is 13.8 Å². The first-order valence-corrected chi connectivity index (χ1v) is 11.2. The Balaban J connectivity index is 1.39. The topological polar surface area (TPSA) is 94.8 Å². The van der Waals surface area contributed by atoms with E-state index >= 15 is 0 Å². The predicted octanol–water partition coefficient (Wildman–Crippen LogP) is 4.14. The van der Waals surface area contributed by atoms with Crippen molar-refractivity contribution in [1.29, 1.82) is 0 Å². The van der Waals surface area contributed by atoms with E-state index in [9.17, 15) is 4.79 Å². The number of aryl methyl sites for hydroxylation is 2. The Morgan fingerprint density at radius 3 is 2.48 bits per heavy atom. The normalized spacial score (nSPS) is 10.8. The van der Waals surface area contributed by atoms with Crippen LogP contribution in [0.4, 0.5) is 5.13 Å². The molecule has 0 aliphatic heterocycles. The number of benzene rings is 2. The van der Waals surface area contributed by atoms with E-state index in [1.807, 2.05) is 66.9 Å². The Hall–Kier alpha value is -3.24. The number of nitrogens with zero attached hydrogens (tertiary/aromatic N) is 5. The number of rotatable bonds is 7. The number of amides is 1. The lowest BCUT2D eigenvalue weighted by Gasteiger charge is -2.08. The highest BCUT2D eigenvalue weighted by atomic mass is 32.2. The molecule has 8 nitrogen and oxygen atoms in total. The number of hydrogen-bond acceptors (Lipinski definition) is 8. The maximum Gasteiger partial charge on any atom is 0.236 e. The molecule has 0 saturated carbocycles. The Morgan fingerprint density at radius 1 is 1.03 bits per heavy atom. The quantitative estimate of drug-likeness (QED) is 0.421. The summed E-state index contributed by atoms with van der Waals surface area (Å²) in [6.07, 6.45) is 0. The van der Waals surface area contributed by atoms with Crippen LogP contribution in [-0.4, -0.2) is 43.7 Å². The highest BCUT2D eigenvalue weighted by Crippen LogP contribution is 2.28. The number of nitrogens with one attached hydrogen (secondary N) is 1. The standard InChI is InChI=1S/C21H20N6O2S2/c1-13-4-8-16(9-5-13)27-14(2)23-26-21(27)30-12-18(28)22-20-25-24-19(31-20)15-6-10-17(29-3)11-7-15/h4-11H,12H2,1-3H3,(H,22,25,28). The van der Waals surface area contributed by atoms with Crippen LogP contribution < -0.4 is 10.1 Å². The molecular formula is C21H20N6O2S2. The first-order valence-electron chi connectivity index (χ1n) is 9.43. The van der Waals surface area contributed by atoms with Crippen LogP contribution in [0.25, 0.3) is 16.3 Å². The van der Waals surface area contributed by atoms with Crippen LogP contribution in [0.2, 0.25) is 0 Å². The molecule has 1 N–H and O–H groups in total. The van der Waals surface area contributed by atoms with Crippen molar-refractivity contribution in [2.45, 2.75) is 19.0 Å². The molecule has 31 heavy (non-hydrogen) atoms. The van der Waals surface area contributed by atoms with Gasteiger partial charge < -0.3 is 4.74 Å². The zero-order valence-corrected chi connectivity index (χ0v) is 18.8. The molecule has 0 bridgehead atoms. The van der Waals surface area contributed by atoms with Crippen molar-refractivity contribution in [3.05, 3.63) is 59.9 Å². The van der Waals surface area contributed by atoms with Gasteiger partial charge in [0.15, 0.2) is 5.16 Å². The molecule has 0 aliphatic rings. The molecule has 0 fully saturated rings. The van der Waals surface area contributed by atoms with Crippen molar-refractivity contribution < 1.29 is 9.53 Å². The molecule has 0 spiro atoms. The number of carbonyl (C=O) groups excluding carboxylic acids is 1. The van der Waals surface area contributed by atoms with E-state index < -0.39 is 0 Å². The minimum absolute atomic E-state index is 0.182. The number of hydrogen-bond donors (Lipinski definition) is 1. The van der Waals surface area contributed by atoms with Crippen molar-refractivity contribution >= 4 is 34.1 Å². The zero-order chi connectivity index (χ0) is 21.8. The fraction of sp³-hybridized carbons (Fsp3) is 0.190. The third-order valence-corrected chi connectivity index (χ3v) is 6.24. The Labute approximate surface area is 187 Å². The molecule has 2 heterocycles. The summed E-state index contributed by atoms with van der Waals surface area (Å²) in [6.45, 7) is 3.93. The van der Waals surface area contributed by atoms with Crippen LogP contribution >= 0.6 is 23.1 Å². The third-order valence-electron chi connectivity index (χ3n) is 4.43. The van der Waals surface area contributed by atoms with Crippen LogP contribution in [0.1, 0.15) is 11.4 Å².